The second-order valence-electron chi connectivity index (χ2n) is 5.89. The summed E-state index contributed by atoms with van der Waals surface area (Å²) in [5.41, 5.74) is 5.93. The first kappa shape index (κ1) is 16.6. The van der Waals surface area contributed by atoms with Gasteiger partial charge in [0, 0.05) is 24.1 Å². The quantitative estimate of drug-likeness (QED) is 0.692. The molecule has 1 heterocycles. The van der Waals surface area contributed by atoms with Gasteiger partial charge in [-0.05, 0) is 68.7 Å². The van der Waals surface area contributed by atoms with Crippen LogP contribution in [0.1, 0.15) is 28.1 Å². The zero-order valence-electron chi connectivity index (χ0n) is 14.2. The van der Waals surface area contributed by atoms with Crippen LogP contribution in [0.2, 0.25) is 0 Å². The predicted octanol–water partition coefficient (Wildman–Crippen LogP) is 3.80. The van der Waals surface area contributed by atoms with Gasteiger partial charge in [-0.15, -0.1) is 0 Å². The highest BCUT2D eigenvalue weighted by Crippen LogP contribution is 2.18. The van der Waals surface area contributed by atoms with Crippen molar-refractivity contribution in [3.05, 3.63) is 57.9 Å². The average Bonchev–Trinajstić information content (AvgIpc) is 2.70. The molecule has 2 aromatic rings. The maximum atomic E-state index is 12.4. The highest BCUT2D eigenvalue weighted by Gasteiger charge is 2.12. The molecule has 2 rings (SSSR count). The predicted molar refractivity (Wildman–Crippen MR) is 93.0 cm³/mol. The Morgan fingerprint density at radius 2 is 1.74 bits per heavy atom. The van der Waals surface area contributed by atoms with Gasteiger partial charge in [0.25, 0.3) is 5.91 Å². The van der Waals surface area contributed by atoms with Crippen LogP contribution in [0.4, 0.5) is 5.69 Å². The van der Waals surface area contributed by atoms with Gasteiger partial charge in [-0.25, -0.2) is 0 Å². The van der Waals surface area contributed by atoms with Gasteiger partial charge >= 0.3 is 0 Å². The fourth-order valence-electron chi connectivity index (χ4n) is 2.58. The lowest BCUT2D eigenvalue weighted by Crippen LogP contribution is -2.13. The average molecular weight is 307 g/mol. The maximum absolute atomic E-state index is 12.4. The van der Waals surface area contributed by atoms with Gasteiger partial charge in [-0.2, -0.15) is 5.26 Å². The van der Waals surface area contributed by atoms with Gasteiger partial charge in [-0.1, -0.05) is 6.07 Å². The van der Waals surface area contributed by atoms with Crippen LogP contribution >= 0.6 is 0 Å². The van der Waals surface area contributed by atoms with E-state index in [-0.39, 0.29) is 5.57 Å². The summed E-state index contributed by atoms with van der Waals surface area (Å²) in [6, 6.07) is 9.77. The summed E-state index contributed by atoms with van der Waals surface area (Å²) in [6.07, 6.45) is 1.64. The van der Waals surface area contributed by atoms with Crippen LogP contribution in [0.3, 0.4) is 0 Å². The number of hydrogen-bond acceptors (Lipinski definition) is 2. The number of carbonyl (C=O) groups excluding carboxylic acids is 1. The number of carbonyl (C=O) groups is 1. The summed E-state index contributed by atoms with van der Waals surface area (Å²) in [7, 11) is 1.96. The Labute approximate surface area is 137 Å². The lowest BCUT2D eigenvalue weighted by Gasteiger charge is -2.07. The van der Waals surface area contributed by atoms with E-state index >= 15 is 0 Å². The summed E-state index contributed by atoms with van der Waals surface area (Å²) in [6.45, 7) is 7.90. The van der Waals surface area contributed by atoms with E-state index in [2.05, 4.69) is 5.32 Å². The molecule has 0 aliphatic carbocycles. The molecule has 0 aliphatic heterocycles. The Morgan fingerprint density at radius 3 is 2.22 bits per heavy atom. The highest BCUT2D eigenvalue weighted by molar-refractivity contribution is 6.09. The number of benzene rings is 1. The van der Waals surface area contributed by atoms with Crippen molar-refractivity contribution in [2.75, 3.05) is 5.32 Å². The van der Waals surface area contributed by atoms with E-state index in [0.717, 1.165) is 28.1 Å². The van der Waals surface area contributed by atoms with E-state index in [0.29, 0.717) is 5.69 Å². The molecule has 0 spiro atoms. The molecular weight excluding hydrogens is 286 g/mol. The first-order chi connectivity index (χ1) is 10.8. The number of hydrogen-bond donors (Lipinski definition) is 1. The van der Waals surface area contributed by atoms with Crippen molar-refractivity contribution in [3.8, 4) is 6.07 Å². The monoisotopic (exact) mass is 307 g/mol. The van der Waals surface area contributed by atoms with Crippen molar-refractivity contribution in [2.45, 2.75) is 27.7 Å². The molecule has 0 saturated carbocycles. The van der Waals surface area contributed by atoms with Gasteiger partial charge < -0.3 is 9.88 Å². The Balaban J connectivity index is 2.30. The van der Waals surface area contributed by atoms with E-state index in [1.54, 1.807) is 6.08 Å². The smallest absolute Gasteiger partial charge is 0.266 e. The van der Waals surface area contributed by atoms with Gasteiger partial charge in [0.2, 0.25) is 0 Å². The van der Waals surface area contributed by atoms with Gasteiger partial charge in [0.05, 0.1) is 0 Å². The minimum atomic E-state index is -0.390. The molecule has 4 heteroatoms. The third-order valence-electron chi connectivity index (χ3n) is 3.96. The number of amides is 1. The van der Waals surface area contributed by atoms with Crippen LogP contribution in [0, 0.1) is 39.0 Å². The molecule has 0 unspecified atom stereocenters. The minimum absolute atomic E-state index is 0.0952. The van der Waals surface area contributed by atoms with Crippen LogP contribution in [-0.4, -0.2) is 10.5 Å². The minimum Gasteiger partial charge on any atom is -0.352 e. The first-order valence-electron chi connectivity index (χ1n) is 7.46. The fraction of sp³-hybridized carbons (Fsp3) is 0.263. The van der Waals surface area contributed by atoms with E-state index in [4.69, 9.17) is 0 Å². The van der Waals surface area contributed by atoms with Crippen molar-refractivity contribution < 1.29 is 4.79 Å². The standard InChI is InChI=1S/C19H21N3O/c1-12-6-13(2)8-18(7-12)21-19(23)17(11-20)10-16-9-14(3)22(5)15(16)4/h6-10H,1-5H3,(H,21,23)/b17-10-. The first-order valence-corrected chi connectivity index (χ1v) is 7.46. The molecule has 0 saturated heterocycles. The number of aryl methyl sites for hydroxylation is 3. The molecule has 1 amide bonds. The van der Waals surface area contributed by atoms with Crippen molar-refractivity contribution in [1.29, 1.82) is 5.26 Å². The molecule has 0 aliphatic rings. The van der Waals surface area contributed by atoms with Crippen LogP contribution in [0.5, 0.6) is 0 Å². The molecule has 0 radical (unpaired) electrons. The third kappa shape index (κ3) is 3.70. The summed E-state index contributed by atoms with van der Waals surface area (Å²) >= 11 is 0. The molecule has 4 nitrogen and oxygen atoms in total. The molecule has 1 N–H and O–H groups in total. The van der Waals surface area contributed by atoms with Crippen LogP contribution in [-0.2, 0) is 11.8 Å². The van der Waals surface area contributed by atoms with E-state index < -0.39 is 5.91 Å². The Kier molecular flexibility index (Phi) is 4.71. The largest absolute Gasteiger partial charge is 0.352 e. The van der Waals surface area contributed by atoms with Crippen molar-refractivity contribution >= 4 is 17.7 Å². The second-order valence-corrected chi connectivity index (χ2v) is 5.89. The summed E-state index contributed by atoms with van der Waals surface area (Å²) in [5, 5.41) is 12.1. The van der Waals surface area contributed by atoms with Crippen LogP contribution in [0.25, 0.3) is 6.08 Å². The molecule has 0 atom stereocenters. The fourth-order valence-corrected chi connectivity index (χ4v) is 2.58. The Bertz CT molecular complexity index is 815. The van der Waals surface area contributed by atoms with Crippen molar-refractivity contribution in [2.24, 2.45) is 7.05 Å². The topological polar surface area (TPSA) is 57.8 Å². The molecular formula is C19H21N3O. The second kappa shape index (κ2) is 6.53. The molecule has 0 bridgehead atoms. The SMILES string of the molecule is Cc1cc(C)cc(NC(=O)/C(C#N)=C\c2cc(C)n(C)c2C)c1. The molecule has 1 aromatic heterocycles. The van der Waals surface area contributed by atoms with E-state index in [9.17, 15) is 10.1 Å². The van der Waals surface area contributed by atoms with Crippen LogP contribution < -0.4 is 5.32 Å². The molecule has 0 fully saturated rings. The Hall–Kier alpha value is -2.80. The van der Waals surface area contributed by atoms with Gasteiger partial charge in [0.1, 0.15) is 11.6 Å². The lowest BCUT2D eigenvalue weighted by atomic mass is 10.1. The zero-order chi connectivity index (χ0) is 17.1. The molecule has 23 heavy (non-hydrogen) atoms. The number of rotatable bonds is 3. The number of nitrogens with one attached hydrogen (secondary N) is 1. The van der Waals surface area contributed by atoms with Crippen LogP contribution in [0.15, 0.2) is 29.8 Å². The molecule has 1 aromatic carbocycles. The summed E-state index contributed by atoms with van der Waals surface area (Å²) in [5.74, 6) is -0.390. The maximum Gasteiger partial charge on any atom is 0.266 e. The highest BCUT2D eigenvalue weighted by atomic mass is 16.1. The number of nitriles is 1. The summed E-state index contributed by atoms with van der Waals surface area (Å²) in [4.78, 5) is 12.4. The normalized spacial score (nSPS) is 11.2. The van der Waals surface area contributed by atoms with Gasteiger partial charge in [-0.3, -0.25) is 4.79 Å². The third-order valence-corrected chi connectivity index (χ3v) is 3.96. The van der Waals surface area contributed by atoms with Crippen molar-refractivity contribution in [1.82, 2.24) is 4.57 Å². The van der Waals surface area contributed by atoms with Crippen molar-refractivity contribution in [3.63, 3.8) is 0 Å². The lowest BCUT2D eigenvalue weighted by molar-refractivity contribution is -0.112. The van der Waals surface area contributed by atoms with Gasteiger partial charge in [0.15, 0.2) is 0 Å². The zero-order valence-corrected chi connectivity index (χ0v) is 14.2. The molecule has 118 valence electrons. The number of nitrogens with zero attached hydrogens (tertiary/aromatic N) is 2. The van der Waals surface area contributed by atoms with E-state index in [1.807, 2.05) is 69.6 Å². The number of anilines is 1. The number of aromatic nitrogens is 1. The Morgan fingerprint density at radius 1 is 1.13 bits per heavy atom. The summed E-state index contributed by atoms with van der Waals surface area (Å²) < 4.78 is 2.03. The van der Waals surface area contributed by atoms with E-state index in [1.165, 1.54) is 0 Å².